The maximum Gasteiger partial charge on any atom is 0.432 e. The summed E-state index contributed by atoms with van der Waals surface area (Å²) in [4.78, 5) is 36.3. The smallest absolute Gasteiger partial charge is 0.262 e. The molecule has 0 aliphatic rings. The predicted molar refractivity (Wildman–Crippen MR) is 105 cm³/mol. The standard InChI is InChI=1S/C9H20.C5H8N4O12.CH4/c1-5-9(6-2,7-3)8-4;10-6(11)1-18-5(19-2-7(12)13,20-3-8(14)15)21-4-9(16)17;/h5-8H2,1-4H3;1-4H2;1H4. The molecule has 0 saturated carbocycles. The van der Waals surface area contributed by atoms with Crippen molar-refractivity contribution in [3.05, 3.63) is 40.5 Å². The summed E-state index contributed by atoms with van der Waals surface area (Å²) in [6.07, 6.45) is 2.24. The average molecular weight is 460 g/mol. The van der Waals surface area contributed by atoms with Crippen LogP contribution in [0.2, 0.25) is 0 Å². The van der Waals surface area contributed by atoms with Gasteiger partial charge >= 0.3 is 33.1 Å². The topological polar surface area (TPSA) is 209 Å². The molecule has 0 radical (unpaired) electrons. The summed E-state index contributed by atoms with van der Waals surface area (Å²) in [5, 5.41) is 40.7. The van der Waals surface area contributed by atoms with Crippen LogP contribution >= 0.6 is 0 Å². The fraction of sp³-hybridized carbons (Fsp3) is 1.00. The van der Waals surface area contributed by atoms with Gasteiger partial charge in [-0.25, -0.2) is 18.9 Å². The van der Waals surface area contributed by atoms with Gasteiger partial charge in [-0.05, 0) is 5.41 Å². The molecule has 0 aliphatic carbocycles. The monoisotopic (exact) mass is 460 g/mol. The fourth-order valence-corrected chi connectivity index (χ4v) is 2.28. The molecule has 0 aromatic heterocycles. The molecule has 0 unspecified atom stereocenters. The van der Waals surface area contributed by atoms with Crippen LogP contribution in [0.15, 0.2) is 0 Å². The first kappa shape index (κ1) is 33.1. The van der Waals surface area contributed by atoms with Gasteiger partial charge in [-0.2, -0.15) is 0 Å². The number of nitro groups is 4. The number of rotatable bonds is 16. The van der Waals surface area contributed by atoms with Crippen LogP contribution in [0.5, 0.6) is 0 Å². The van der Waals surface area contributed by atoms with Crippen LogP contribution < -0.4 is 0 Å². The fourth-order valence-electron chi connectivity index (χ4n) is 2.28. The quantitative estimate of drug-likeness (QED) is 0.185. The molecule has 0 aromatic carbocycles. The molecule has 16 heteroatoms. The summed E-state index contributed by atoms with van der Waals surface area (Å²) in [5.41, 5.74) is 0.667. The first-order chi connectivity index (χ1) is 13.9. The van der Waals surface area contributed by atoms with Gasteiger partial charge in [0.1, 0.15) is 0 Å². The van der Waals surface area contributed by atoms with E-state index in [-0.39, 0.29) is 7.43 Å². The van der Waals surface area contributed by atoms with E-state index in [1.165, 1.54) is 25.7 Å². The van der Waals surface area contributed by atoms with Crippen LogP contribution in [0, 0.1) is 45.9 Å². The van der Waals surface area contributed by atoms with E-state index in [0.29, 0.717) is 5.41 Å². The second kappa shape index (κ2) is 17.2. The Bertz CT molecular complexity index is 461. The van der Waals surface area contributed by atoms with Gasteiger partial charge in [-0.1, -0.05) is 60.8 Å². The van der Waals surface area contributed by atoms with E-state index in [0.717, 1.165) is 0 Å². The van der Waals surface area contributed by atoms with Crippen molar-refractivity contribution in [1.82, 2.24) is 0 Å². The Morgan fingerprint density at radius 3 is 0.839 bits per heavy atom. The normalized spacial score (nSPS) is 11.0. The van der Waals surface area contributed by atoms with Gasteiger partial charge in [-0.15, -0.1) is 0 Å². The first-order valence-corrected chi connectivity index (χ1v) is 8.94. The van der Waals surface area contributed by atoms with E-state index >= 15 is 0 Å². The lowest BCUT2D eigenvalue weighted by molar-refractivity contribution is -0.680. The lowest BCUT2D eigenvalue weighted by Gasteiger charge is -2.28. The summed E-state index contributed by atoms with van der Waals surface area (Å²) in [6, 6.07) is 0. The Labute approximate surface area is 179 Å². The Balaban J connectivity index is -0.000000662. The average Bonchev–Trinajstić information content (AvgIpc) is 2.69. The molecule has 0 heterocycles. The van der Waals surface area contributed by atoms with Gasteiger partial charge in [0.05, 0.1) is 0 Å². The molecule has 0 fully saturated rings. The largest absolute Gasteiger partial charge is 0.432 e. The van der Waals surface area contributed by atoms with Crippen LogP contribution in [-0.4, -0.2) is 52.8 Å². The van der Waals surface area contributed by atoms with Crippen molar-refractivity contribution in [3.8, 4) is 0 Å². The third-order valence-corrected chi connectivity index (χ3v) is 4.39. The Morgan fingerprint density at radius 1 is 0.548 bits per heavy atom. The number of hydrogen-bond acceptors (Lipinski definition) is 12. The summed E-state index contributed by atoms with van der Waals surface area (Å²) in [6.45, 7) is 3.57. The third-order valence-electron chi connectivity index (χ3n) is 4.39. The number of nitrogens with zero attached hydrogens (tertiary/aromatic N) is 4. The molecular formula is C15H32N4O12. The van der Waals surface area contributed by atoms with Gasteiger partial charge in [-0.3, -0.25) is 40.5 Å². The second-order valence-electron chi connectivity index (χ2n) is 5.84. The van der Waals surface area contributed by atoms with Crippen molar-refractivity contribution < 1.29 is 38.6 Å². The molecule has 0 aliphatic heterocycles. The van der Waals surface area contributed by atoms with Gasteiger partial charge < -0.3 is 0 Å². The zero-order chi connectivity index (χ0) is 23.8. The molecule has 0 N–H and O–H groups in total. The van der Waals surface area contributed by atoms with Crippen LogP contribution in [0.1, 0.15) is 60.8 Å². The second-order valence-corrected chi connectivity index (χ2v) is 5.84. The zero-order valence-electron chi connectivity index (χ0n) is 17.3. The van der Waals surface area contributed by atoms with Crippen molar-refractivity contribution in [2.45, 2.75) is 67.0 Å². The van der Waals surface area contributed by atoms with E-state index in [4.69, 9.17) is 0 Å². The van der Waals surface area contributed by atoms with E-state index in [2.05, 4.69) is 46.6 Å². The minimum absolute atomic E-state index is 0. The number of ether oxygens (including phenoxy) is 4. The Kier molecular flexibility index (Phi) is 18.3. The van der Waals surface area contributed by atoms with Crippen LogP contribution in [-0.2, 0) is 18.9 Å². The summed E-state index contributed by atoms with van der Waals surface area (Å²) in [7, 11) is 0. The Morgan fingerprint density at radius 2 is 0.742 bits per heavy atom. The lowest BCUT2D eigenvalue weighted by Crippen LogP contribution is -2.46. The van der Waals surface area contributed by atoms with E-state index < -0.39 is 52.8 Å². The molecule has 16 nitrogen and oxygen atoms in total. The van der Waals surface area contributed by atoms with Crippen LogP contribution in [0.25, 0.3) is 0 Å². The molecule has 0 rings (SSSR count). The number of hydrogen-bond donors (Lipinski definition) is 0. The molecule has 31 heavy (non-hydrogen) atoms. The molecule has 0 aromatic rings. The van der Waals surface area contributed by atoms with Gasteiger partial charge in [0, 0.05) is 19.7 Å². The van der Waals surface area contributed by atoms with Crippen molar-refractivity contribution in [3.63, 3.8) is 0 Å². The van der Waals surface area contributed by atoms with Gasteiger partial charge in [0.25, 0.3) is 0 Å². The van der Waals surface area contributed by atoms with Gasteiger partial charge in [0.2, 0.25) is 0 Å². The molecule has 0 atom stereocenters. The maximum atomic E-state index is 10.2. The highest BCUT2D eigenvalue weighted by atomic mass is 17.0. The minimum atomic E-state index is -3.14. The first-order valence-electron chi connectivity index (χ1n) is 8.94. The van der Waals surface area contributed by atoms with Crippen molar-refractivity contribution >= 4 is 0 Å². The van der Waals surface area contributed by atoms with Crippen LogP contribution in [0.3, 0.4) is 0 Å². The molecule has 0 bridgehead atoms. The van der Waals surface area contributed by atoms with Crippen LogP contribution in [0.4, 0.5) is 0 Å². The lowest BCUT2D eigenvalue weighted by atomic mass is 9.78. The van der Waals surface area contributed by atoms with E-state index in [1.807, 2.05) is 0 Å². The molecule has 0 saturated heterocycles. The third kappa shape index (κ3) is 15.9. The van der Waals surface area contributed by atoms with E-state index in [9.17, 15) is 40.5 Å². The molecule has 184 valence electrons. The van der Waals surface area contributed by atoms with Crippen molar-refractivity contribution in [2.24, 2.45) is 5.41 Å². The molecule has 0 spiro atoms. The highest BCUT2D eigenvalue weighted by molar-refractivity contribution is 4.72. The summed E-state index contributed by atoms with van der Waals surface area (Å²) >= 11 is 0. The minimum Gasteiger partial charge on any atom is -0.262 e. The zero-order valence-corrected chi connectivity index (χ0v) is 17.3. The maximum absolute atomic E-state index is 10.2. The van der Waals surface area contributed by atoms with Crippen molar-refractivity contribution in [2.75, 3.05) is 26.9 Å². The predicted octanol–water partition coefficient (Wildman–Crippen LogP) is 2.85. The van der Waals surface area contributed by atoms with E-state index in [1.54, 1.807) is 0 Å². The Hall–Kier alpha value is -2.56. The molecular weight excluding hydrogens is 428 g/mol. The van der Waals surface area contributed by atoms with Crippen molar-refractivity contribution in [1.29, 1.82) is 0 Å². The highest BCUT2D eigenvalue weighted by Gasteiger charge is 2.43. The molecule has 0 amide bonds. The highest BCUT2D eigenvalue weighted by Crippen LogP contribution is 2.33. The van der Waals surface area contributed by atoms with Gasteiger partial charge in [0.15, 0.2) is 0 Å². The summed E-state index contributed by atoms with van der Waals surface area (Å²) < 4.78 is 17.1. The SMILES string of the molecule is C.CCC(CC)(CC)CC.O=[N+]([O-])COC(OC[N+](=O)[O-])(OC[N+](=O)[O-])OC[N+](=O)[O-]. The summed E-state index contributed by atoms with van der Waals surface area (Å²) in [5.74, 6) is 0.